The maximum atomic E-state index is 13.6. The van der Waals surface area contributed by atoms with Crippen molar-refractivity contribution in [1.82, 2.24) is 10.2 Å². The molecule has 5 aromatic rings. The topological polar surface area (TPSA) is 102 Å². The van der Waals surface area contributed by atoms with Crippen molar-refractivity contribution >= 4 is 68.1 Å². The van der Waals surface area contributed by atoms with Crippen molar-refractivity contribution in [1.29, 1.82) is 0 Å². The smallest absolute Gasteiger partial charge is 0.301 e. The van der Waals surface area contributed by atoms with Gasteiger partial charge >= 0.3 is 5.91 Å². The first-order valence-electron chi connectivity index (χ1n) is 13.1. The van der Waals surface area contributed by atoms with E-state index in [0.29, 0.717) is 32.2 Å². The summed E-state index contributed by atoms with van der Waals surface area (Å²) in [5, 5.41) is 23.1. The number of aromatic nitrogens is 2. The molecule has 6 rings (SSSR count). The van der Waals surface area contributed by atoms with Crippen LogP contribution in [0.2, 0.25) is 5.02 Å². The van der Waals surface area contributed by atoms with Crippen molar-refractivity contribution in [3.05, 3.63) is 112 Å². The highest BCUT2D eigenvalue weighted by Crippen LogP contribution is 2.45. The number of aliphatic hydroxyl groups excluding tert-OH is 1. The molecular weight excluding hydrogens is 606 g/mol. The van der Waals surface area contributed by atoms with Crippen molar-refractivity contribution in [2.24, 2.45) is 0 Å². The fourth-order valence-electron chi connectivity index (χ4n) is 5.08. The third-order valence-corrected chi connectivity index (χ3v) is 9.44. The molecule has 0 bridgehead atoms. The predicted octanol–water partition coefficient (Wildman–Crippen LogP) is 7.28. The lowest BCUT2D eigenvalue weighted by atomic mass is 9.95. The Kier molecular flexibility index (Phi) is 8.07. The van der Waals surface area contributed by atoms with Gasteiger partial charge < -0.3 is 14.6 Å². The van der Waals surface area contributed by atoms with Gasteiger partial charge in [-0.25, -0.2) is 0 Å². The van der Waals surface area contributed by atoms with Gasteiger partial charge in [-0.1, -0.05) is 89.3 Å². The Balaban J connectivity index is 1.38. The number of rotatable bonds is 8. The van der Waals surface area contributed by atoms with Crippen LogP contribution in [0.15, 0.2) is 94.8 Å². The molecule has 1 atom stereocenters. The summed E-state index contributed by atoms with van der Waals surface area (Å²) in [6.45, 7) is 0. The number of anilines is 1. The number of halogens is 1. The van der Waals surface area contributed by atoms with E-state index in [1.165, 1.54) is 42.2 Å². The van der Waals surface area contributed by atoms with Crippen molar-refractivity contribution in [2.75, 3.05) is 19.1 Å². The van der Waals surface area contributed by atoms with Crippen molar-refractivity contribution in [3.63, 3.8) is 0 Å². The Hall–Kier alpha value is -4.38. The molecule has 8 nitrogen and oxygen atoms in total. The molecule has 216 valence electrons. The van der Waals surface area contributed by atoms with Crippen molar-refractivity contribution in [3.8, 4) is 11.5 Å². The average molecular weight is 630 g/mol. The first-order valence-corrected chi connectivity index (χ1v) is 15.3. The number of ether oxygens (including phenoxy) is 2. The van der Waals surface area contributed by atoms with Gasteiger partial charge in [0, 0.05) is 16.3 Å². The van der Waals surface area contributed by atoms with Gasteiger partial charge in [0.2, 0.25) is 5.13 Å². The van der Waals surface area contributed by atoms with Gasteiger partial charge in [0.05, 0.1) is 25.8 Å². The molecule has 43 heavy (non-hydrogen) atoms. The average Bonchev–Trinajstić information content (AvgIpc) is 3.60. The Labute approximate surface area is 260 Å². The second-order valence-corrected chi connectivity index (χ2v) is 12.2. The SMILES string of the molecule is COc1ccc(C(O)=C2C(=O)C(=O)N(c3nnc(SCc4cccc5ccccc45)s3)[C@@H]2c2cccc(Cl)c2)cc1OC. The largest absolute Gasteiger partial charge is 0.507 e. The summed E-state index contributed by atoms with van der Waals surface area (Å²) in [6, 6.07) is 24.9. The molecule has 1 N–H and O–H groups in total. The lowest BCUT2D eigenvalue weighted by Crippen LogP contribution is -2.29. The molecule has 1 fully saturated rings. The molecule has 1 saturated heterocycles. The van der Waals surface area contributed by atoms with Gasteiger partial charge in [0.1, 0.15) is 5.76 Å². The number of methoxy groups -OCH3 is 2. The van der Waals surface area contributed by atoms with E-state index in [4.69, 9.17) is 21.1 Å². The second kappa shape index (κ2) is 12.1. The number of aliphatic hydroxyl groups is 1. The van der Waals surface area contributed by atoms with Crippen LogP contribution in [-0.2, 0) is 15.3 Å². The van der Waals surface area contributed by atoms with E-state index in [0.717, 1.165) is 16.3 Å². The molecule has 0 aliphatic carbocycles. The zero-order valence-electron chi connectivity index (χ0n) is 23.0. The van der Waals surface area contributed by atoms with Crippen LogP contribution in [0.1, 0.15) is 22.7 Å². The predicted molar refractivity (Wildman–Crippen MR) is 169 cm³/mol. The summed E-state index contributed by atoms with van der Waals surface area (Å²) in [7, 11) is 2.97. The van der Waals surface area contributed by atoms with E-state index in [2.05, 4.69) is 34.5 Å². The summed E-state index contributed by atoms with van der Waals surface area (Å²) in [4.78, 5) is 28.4. The number of fused-ring (bicyclic) bond motifs is 1. The molecule has 1 aliphatic heterocycles. The van der Waals surface area contributed by atoms with Gasteiger partial charge in [0.15, 0.2) is 15.8 Å². The normalized spacial score (nSPS) is 16.2. The standard InChI is InChI=1S/C32H24ClN3O5S2/c1-40-24-14-13-20(16-25(24)41-2)28(37)26-27(19-9-6-11-22(33)15-19)36(30(39)29(26)38)31-34-35-32(43-31)42-17-21-10-5-8-18-7-3-4-12-23(18)21/h3-16,27,37H,17H2,1-2H3/t27-/m1/s1. The van der Waals surface area contributed by atoms with Crippen molar-refractivity contribution in [2.45, 2.75) is 16.1 Å². The maximum absolute atomic E-state index is 13.6. The lowest BCUT2D eigenvalue weighted by Gasteiger charge is -2.22. The van der Waals surface area contributed by atoms with Crippen LogP contribution in [0.5, 0.6) is 11.5 Å². The Bertz CT molecular complexity index is 1900. The van der Waals surface area contributed by atoms with E-state index in [-0.39, 0.29) is 22.0 Å². The summed E-state index contributed by atoms with van der Waals surface area (Å²) >= 11 is 9.02. The van der Waals surface area contributed by atoms with Crippen molar-refractivity contribution < 1.29 is 24.2 Å². The van der Waals surface area contributed by atoms with Crippen LogP contribution in [0, 0.1) is 0 Å². The minimum Gasteiger partial charge on any atom is -0.507 e. The third-order valence-electron chi connectivity index (χ3n) is 7.10. The number of benzene rings is 4. The van der Waals surface area contributed by atoms with Gasteiger partial charge in [-0.05, 0) is 52.2 Å². The molecule has 0 radical (unpaired) electrons. The Morgan fingerprint density at radius 1 is 0.953 bits per heavy atom. The molecule has 11 heteroatoms. The molecule has 0 saturated carbocycles. The molecule has 1 aliphatic rings. The van der Waals surface area contributed by atoms with E-state index in [1.807, 2.05) is 18.2 Å². The molecule has 0 unspecified atom stereocenters. The fourth-order valence-corrected chi connectivity index (χ4v) is 7.15. The molecule has 2 heterocycles. The van der Waals surface area contributed by atoms with Crippen LogP contribution in [-0.4, -0.2) is 41.2 Å². The molecule has 1 amide bonds. The number of hydrogen-bond donors (Lipinski definition) is 1. The van der Waals surface area contributed by atoms with Crippen LogP contribution in [0.25, 0.3) is 16.5 Å². The number of nitrogens with zero attached hydrogens (tertiary/aromatic N) is 3. The van der Waals surface area contributed by atoms with Gasteiger partial charge in [-0.15, -0.1) is 10.2 Å². The molecule has 1 aromatic heterocycles. The van der Waals surface area contributed by atoms with Crippen LogP contribution < -0.4 is 14.4 Å². The number of carbonyl (C=O) groups is 2. The van der Waals surface area contributed by atoms with Crippen LogP contribution in [0.3, 0.4) is 0 Å². The zero-order valence-corrected chi connectivity index (χ0v) is 25.4. The quantitative estimate of drug-likeness (QED) is 0.0628. The maximum Gasteiger partial charge on any atom is 0.301 e. The minimum absolute atomic E-state index is 0.0976. The van der Waals surface area contributed by atoms with Gasteiger partial charge in [0.25, 0.3) is 5.78 Å². The highest BCUT2D eigenvalue weighted by Gasteiger charge is 2.48. The minimum atomic E-state index is -0.990. The monoisotopic (exact) mass is 629 g/mol. The summed E-state index contributed by atoms with van der Waals surface area (Å²) < 4.78 is 11.3. The second-order valence-electron chi connectivity index (χ2n) is 9.57. The van der Waals surface area contributed by atoms with E-state index >= 15 is 0 Å². The highest BCUT2D eigenvalue weighted by atomic mass is 35.5. The van der Waals surface area contributed by atoms with Gasteiger partial charge in [-0.3, -0.25) is 14.5 Å². The number of carbonyl (C=O) groups excluding carboxylic acids is 2. The molecule has 0 spiro atoms. The first-order chi connectivity index (χ1) is 20.9. The fraction of sp³-hybridized carbons (Fsp3) is 0.125. The van der Waals surface area contributed by atoms with Crippen LogP contribution in [0.4, 0.5) is 5.13 Å². The lowest BCUT2D eigenvalue weighted by molar-refractivity contribution is -0.132. The van der Waals surface area contributed by atoms with Crippen LogP contribution >= 0.6 is 34.7 Å². The number of amides is 1. The number of hydrogen-bond acceptors (Lipinski definition) is 9. The number of thioether (sulfide) groups is 1. The molecule has 4 aromatic carbocycles. The Morgan fingerprint density at radius 2 is 1.72 bits per heavy atom. The summed E-state index contributed by atoms with van der Waals surface area (Å²) in [5.74, 6) is -0.579. The highest BCUT2D eigenvalue weighted by molar-refractivity contribution is 8.00. The summed E-state index contributed by atoms with van der Waals surface area (Å²) in [5.41, 5.74) is 1.87. The number of Topliss-reactive ketones (excluding diaryl/α,β-unsaturated/α-hetero) is 1. The van der Waals surface area contributed by atoms with E-state index < -0.39 is 17.7 Å². The number of ketones is 1. The van der Waals surface area contributed by atoms with Gasteiger partial charge in [-0.2, -0.15) is 0 Å². The Morgan fingerprint density at radius 3 is 2.51 bits per heavy atom. The zero-order chi connectivity index (χ0) is 30.1. The van der Waals surface area contributed by atoms with E-state index in [9.17, 15) is 14.7 Å². The third kappa shape index (κ3) is 5.45. The summed E-state index contributed by atoms with van der Waals surface area (Å²) in [6.07, 6.45) is 0. The van der Waals surface area contributed by atoms with E-state index in [1.54, 1.807) is 42.5 Å². The molecular formula is C32H24ClN3O5S2. The first kappa shape index (κ1) is 28.7.